The first-order valence-electron chi connectivity index (χ1n) is 13.2. The third kappa shape index (κ3) is 6.44. The minimum Gasteiger partial charge on any atom is -1.00 e. The van der Waals surface area contributed by atoms with Gasteiger partial charge >= 0.3 is 0 Å². The molecule has 1 unspecified atom stereocenters. The summed E-state index contributed by atoms with van der Waals surface area (Å²) < 4.78 is 7.03. The minimum absolute atomic E-state index is 0. The first-order valence-corrected chi connectivity index (χ1v) is 13.2. The number of rotatable bonds is 6. The summed E-state index contributed by atoms with van der Waals surface area (Å²) >= 11 is 0. The molecule has 0 saturated carbocycles. The lowest BCUT2D eigenvalue weighted by molar-refractivity contribution is -0.914. The lowest BCUT2D eigenvalue weighted by Gasteiger charge is -2.40. The van der Waals surface area contributed by atoms with Gasteiger partial charge in [0.25, 0.3) is 0 Å². The highest BCUT2D eigenvalue weighted by molar-refractivity contribution is 6.04. The zero-order valence-corrected chi connectivity index (χ0v) is 24.0. The summed E-state index contributed by atoms with van der Waals surface area (Å²) in [5, 5.41) is 0. The largest absolute Gasteiger partial charge is 1.00 e. The number of piperidine rings is 1. The monoisotopic (exact) mass is 608 g/mol. The number of quaternary nitrogens is 1. The van der Waals surface area contributed by atoms with E-state index in [0.717, 1.165) is 63.4 Å². The van der Waals surface area contributed by atoms with Gasteiger partial charge in [-0.3, -0.25) is 4.79 Å². The lowest BCUT2D eigenvalue weighted by atomic mass is 9.86. The van der Waals surface area contributed by atoms with Crippen molar-refractivity contribution in [3.8, 4) is 16.9 Å². The fraction of sp³-hybridized carbons (Fsp3) is 0.344. The number of Topliss-reactive ketones (excluding diaryl/α,β-unsaturated/α-hetero) is 1. The normalized spacial score (nSPS) is 17.3. The maximum Gasteiger partial charge on any atom is 0.172 e. The Balaban J connectivity index is 0.00000320. The smallest absolute Gasteiger partial charge is 0.172 e. The average molecular weight is 609 g/mol. The standard InChI is InChI=1S/C32H37N2O2.HI/c1-23-6-8-24(9-7-23)26-12-15-31-28(20-26)21-27(16-19-36-31)32(35)30(25-10-13-29(33)14-11-25)22-34(2)17-4-3-5-18-34;/h6-15,20-21,30H,3-5,16-19,22,33H2,1-2H3;1H/q+1;/p-1. The second-order valence-corrected chi connectivity index (χ2v) is 10.8. The Morgan fingerprint density at radius 1 is 0.946 bits per heavy atom. The van der Waals surface area contributed by atoms with Crippen LogP contribution >= 0.6 is 0 Å². The number of aryl methyl sites for hydroxylation is 1. The van der Waals surface area contributed by atoms with Gasteiger partial charge in [-0.25, -0.2) is 0 Å². The Morgan fingerprint density at radius 3 is 2.32 bits per heavy atom. The van der Waals surface area contributed by atoms with Crippen LogP contribution in [-0.4, -0.2) is 43.6 Å². The van der Waals surface area contributed by atoms with Crippen LogP contribution in [-0.2, 0) is 4.79 Å². The van der Waals surface area contributed by atoms with Crippen LogP contribution in [0.5, 0.6) is 5.75 Å². The fourth-order valence-corrected chi connectivity index (χ4v) is 5.63. The highest BCUT2D eigenvalue weighted by Gasteiger charge is 2.34. The summed E-state index contributed by atoms with van der Waals surface area (Å²) in [6.07, 6.45) is 6.43. The van der Waals surface area contributed by atoms with Gasteiger partial charge in [0, 0.05) is 23.2 Å². The molecule has 2 N–H and O–H groups in total. The molecular weight excluding hydrogens is 571 g/mol. The summed E-state index contributed by atoms with van der Waals surface area (Å²) in [5.74, 6) is 0.858. The van der Waals surface area contributed by atoms with Gasteiger partial charge in [-0.15, -0.1) is 0 Å². The van der Waals surface area contributed by atoms with Gasteiger partial charge in [0.05, 0.1) is 39.2 Å². The maximum atomic E-state index is 14.2. The molecule has 37 heavy (non-hydrogen) atoms. The quantitative estimate of drug-likeness (QED) is 0.265. The van der Waals surface area contributed by atoms with Crippen molar-refractivity contribution in [3.63, 3.8) is 0 Å². The van der Waals surface area contributed by atoms with E-state index in [1.165, 1.54) is 24.8 Å². The van der Waals surface area contributed by atoms with Crippen LogP contribution in [0, 0.1) is 6.92 Å². The highest BCUT2D eigenvalue weighted by atomic mass is 127. The van der Waals surface area contributed by atoms with Gasteiger partial charge in [-0.05, 0) is 73.2 Å². The molecule has 0 bridgehead atoms. The summed E-state index contributed by atoms with van der Waals surface area (Å²) in [4.78, 5) is 14.2. The van der Waals surface area contributed by atoms with Gasteiger partial charge in [-0.2, -0.15) is 0 Å². The molecule has 0 amide bonds. The predicted octanol–water partition coefficient (Wildman–Crippen LogP) is 3.40. The number of fused-ring (bicyclic) bond motifs is 1. The van der Waals surface area contributed by atoms with Gasteiger partial charge in [-0.1, -0.05) is 48.0 Å². The average Bonchev–Trinajstić information content (AvgIpc) is 3.10. The first kappa shape index (κ1) is 27.4. The van der Waals surface area contributed by atoms with E-state index in [0.29, 0.717) is 13.0 Å². The second kappa shape index (κ2) is 11.8. The summed E-state index contributed by atoms with van der Waals surface area (Å²) in [6, 6.07) is 22.7. The Bertz CT molecular complexity index is 1260. The number of likely N-dealkylation sites (N-methyl/N-ethyl adjacent to an activating group) is 1. The first-order chi connectivity index (χ1) is 17.4. The van der Waals surface area contributed by atoms with Crippen molar-refractivity contribution in [2.45, 2.75) is 38.5 Å². The molecule has 194 valence electrons. The molecule has 3 aromatic rings. The highest BCUT2D eigenvalue weighted by Crippen LogP contribution is 2.34. The molecule has 0 spiro atoms. The van der Waals surface area contributed by atoms with E-state index >= 15 is 0 Å². The molecule has 4 nitrogen and oxygen atoms in total. The molecule has 0 radical (unpaired) electrons. The number of benzene rings is 3. The second-order valence-electron chi connectivity index (χ2n) is 10.8. The van der Waals surface area contributed by atoms with Crippen LogP contribution in [0.15, 0.2) is 72.3 Å². The van der Waals surface area contributed by atoms with E-state index in [9.17, 15) is 4.79 Å². The fourth-order valence-electron chi connectivity index (χ4n) is 5.63. The van der Waals surface area contributed by atoms with E-state index < -0.39 is 0 Å². The van der Waals surface area contributed by atoms with Crippen molar-refractivity contribution in [2.75, 3.05) is 39.0 Å². The topological polar surface area (TPSA) is 52.3 Å². The van der Waals surface area contributed by atoms with Crippen LogP contribution in [0.3, 0.4) is 0 Å². The van der Waals surface area contributed by atoms with Crippen LogP contribution in [0.4, 0.5) is 5.69 Å². The number of nitrogens with zero attached hydrogens (tertiary/aromatic N) is 1. The van der Waals surface area contributed by atoms with Crippen LogP contribution in [0.2, 0.25) is 0 Å². The van der Waals surface area contributed by atoms with E-state index in [2.05, 4.69) is 56.4 Å². The van der Waals surface area contributed by atoms with E-state index in [-0.39, 0.29) is 35.7 Å². The lowest BCUT2D eigenvalue weighted by Crippen LogP contribution is -3.00. The third-order valence-electron chi connectivity index (χ3n) is 7.84. The minimum atomic E-state index is -0.193. The van der Waals surface area contributed by atoms with Crippen LogP contribution < -0.4 is 34.4 Å². The van der Waals surface area contributed by atoms with Crippen LogP contribution in [0.1, 0.15) is 48.3 Å². The number of anilines is 1. The number of nitrogen functional groups attached to an aromatic ring is 1. The van der Waals surface area contributed by atoms with Gasteiger partial charge in [0.15, 0.2) is 5.78 Å². The Hall–Kier alpha value is -2.64. The number of halogens is 1. The van der Waals surface area contributed by atoms with Crippen molar-refractivity contribution >= 4 is 17.5 Å². The molecule has 1 fully saturated rings. The summed E-state index contributed by atoms with van der Waals surface area (Å²) in [7, 11) is 2.31. The molecule has 1 atom stereocenters. The SMILES string of the molecule is Cc1ccc(-c2ccc3c(c2)C=C(C(=O)C(C[N+]2(C)CCCCC2)c2ccc(N)cc2)CCO3)cc1.[I-]. The zero-order chi connectivity index (χ0) is 25.1. The number of likely N-dealkylation sites (tertiary alicyclic amines) is 1. The number of ketones is 1. The molecule has 3 aromatic carbocycles. The molecule has 2 heterocycles. The molecule has 1 saturated heterocycles. The van der Waals surface area contributed by atoms with Crippen molar-refractivity contribution in [2.24, 2.45) is 0 Å². The van der Waals surface area contributed by atoms with Gasteiger partial charge in [0.2, 0.25) is 0 Å². The van der Waals surface area contributed by atoms with Gasteiger partial charge in [0.1, 0.15) is 5.75 Å². The Morgan fingerprint density at radius 2 is 1.62 bits per heavy atom. The predicted molar refractivity (Wildman–Crippen MR) is 148 cm³/mol. The Kier molecular flexibility index (Phi) is 8.75. The number of hydrogen-bond acceptors (Lipinski definition) is 3. The van der Waals surface area contributed by atoms with Crippen molar-refractivity contribution in [1.82, 2.24) is 0 Å². The molecule has 2 aliphatic heterocycles. The zero-order valence-electron chi connectivity index (χ0n) is 21.9. The third-order valence-corrected chi connectivity index (χ3v) is 7.84. The number of carbonyl (C=O) groups is 1. The molecular formula is C32H37IN2O2. The van der Waals surface area contributed by atoms with Crippen molar-refractivity contribution < 1.29 is 38.0 Å². The number of hydrogen-bond donors (Lipinski definition) is 1. The Labute approximate surface area is 238 Å². The molecule has 2 aliphatic rings. The summed E-state index contributed by atoms with van der Waals surface area (Å²) in [6.45, 7) is 5.68. The number of ether oxygens (including phenoxy) is 1. The van der Waals surface area contributed by atoms with E-state index in [4.69, 9.17) is 10.5 Å². The van der Waals surface area contributed by atoms with Crippen molar-refractivity contribution in [3.05, 3.63) is 89.0 Å². The van der Waals surface area contributed by atoms with E-state index in [1.807, 2.05) is 30.3 Å². The van der Waals surface area contributed by atoms with Crippen LogP contribution in [0.25, 0.3) is 17.2 Å². The molecule has 0 aliphatic carbocycles. The maximum absolute atomic E-state index is 14.2. The number of carbonyl (C=O) groups excluding carboxylic acids is 1. The molecule has 0 aromatic heterocycles. The molecule has 5 rings (SSSR count). The van der Waals surface area contributed by atoms with Crippen molar-refractivity contribution in [1.29, 1.82) is 0 Å². The summed E-state index contributed by atoms with van der Waals surface area (Å²) in [5.41, 5.74) is 13.1. The molecule has 5 heteroatoms. The van der Waals surface area contributed by atoms with Gasteiger partial charge < -0.3 is 38.9 Å². The van der Waals surface area contributed by atoms with E-state index in [1.54, 1.807) is 0 Å². The number of nitrogens with two attached hydrogens (primary N) is 1.